The first-order valence-corrected chi connectivity index (χ1v) is 8.58. The summed E-state index contributed by atoms with van der Waals surface area (Å²) in [6, 6.07) is 9.62. The van der Waals surface area contributed by atoms with E-state index in [9.17, 15) is 4.79 Å². The molecule has 0 aromatic carbocycles. The third-order valence-electron chi connectivity index (χ3n) is 4.46. The summed E-state index contributed by atoms with van der Waals surface area (Å²) in [6.45, 7) is 4.92. The Labute approximate surface area is 148 Å². The molecule has 2 aromatic heterocycles. The van der Waals surface area contributed by atoms with Crippen LogP contribution in [0.25, 0.3) is 0 Å². The number of pyridine rings is 2. The Bertz CT molecular complexity index is 691. The average molecular weight is 337 g/mol. The first-order chi connectivity index (χ1) is 12.3. The molecule has 3 heterocycles. The Kier molecular flexibility index (Phi) is 5.90. The van der Waals surface area contributed by atoms with Crippen molar-refractivity contribution in [1.82, 2.24) is 14.9 Å². The lowest BCUT2D eigenvalue weighted by Gasteiger charge is -2.28. The van der Waals surface area contributed by atoms with Crippen molar-refractivity contribution in [3.63, 3.8) is 0 Å². The zero-order valence-electron chi connectivity index (χ0n) is 14.3. The molecule has 0 saturated carbocycles. The summed E-state index contributed by atoms with van der Waals surface area (Å²) >= 11 is 0. The van der Waals surface area contributed by atoms with E-state index in [4.69, 9.17) is 4.74 Å². The van der Waals surface area contributed by atoms with Gasteiger partial charge in [-0.2, -0.15) is 0 Å². The van der Waals surface area contributed by atoms with Crippen LogP contribution in [-0.2, 0) is 22.4 Å². The van der Waals surface area contributed by atoms with Gasteiger partial charge in [-0.3, -0.25) is 14.8 Å². The number of likely N-dealkylation sites (tertiary alicyclic amines) is 1. The standard InChI is InChI=1S/C20H23N3O2/c1-2-12-25-19-8-11-23(18(19)13-16-6-5-9-21-15-16)20(24)14-17-7-3-4-10-22-17/h2-7,9-10,15,18-19H,1,8,11-14H2/t18-,19-/m1/s1. The van der Waals surface area contributed by atoms with Crippen LogP contribution in [0.2, 0.25) is 0 Å². The van der Waals surface area contributed by atoms with Crippen LogP contribution in [0.15, 0.2) is 61.6 Å². The van der Waals surface area contributed by atoms with Crippen molar-refractivity contribution in [2.45, 2.75) is 31.4 Å². The Balaban J connectivity index is 1.73. The zero-order valence-corrected chi connectivity index (χ0v) is 14.3. The highest BCUT2D eigenvalue weighted by atomic mass is 16.5. The monoisotopic (exact) mass is 337 g/mol. The van der Waals surface area contributed by atoms with E-state index in [1.54, 1.807) is 18.5 Å². The molecule has 1 fully saturated rings. The Morgan fingerprint density at radius 2 is 2.24 bits per heavy atom. The summed E-state index contributed by atoms with van der Waals surface area (Å²) in [4.78, 5) is 23.2. The van der Waals surface area contributed by atoms with Gasteiger partial charge >= 0.3 is 0 Å². The van der Waals surface area contributed by atoms with Crippen LogP contribution in [0.5, 0.6) is 0 Å². The summed E-state index contributed by atoms with van der Waals surface area (Å²) in [6.07, 6.45) is 8.99. The second-order valence-corrected chi connectivity index (χ2v) is 6.17. The van der Waals surface area contributed by atoms with Gasteiger partial charge in [-0.15, -0.1) is 6.58 Å². The van der Waals surface area contributed by atoms with E-state index in [2.05, 4.69) is 16.5 Å². The van der Waals surface area contributed by atoms with Gasteiger partial charge in [0.25, 0.3) is 0 Å². The van der Waals surface area contributed by atoms with Gasteiger partial charge in [0.1, 0.15) is 0 Å². The maximum atomic E-state index is 12.8. The highest BCUT2D eigenvalue weighted by Gasteiger charge is 2.37. The van der Waals surface area contributed by atoms with E-state index in [1.807, 2.05) is 41.4 Å². The largest absolute Gasteiger partial charge is 0.372 e. The van der Waals surface area contributed by atoms with Crippen LogP contribution < -0.4 is 0 Å². The summed E-state index contributed by atoms with van der Waals surface area (Å²) < 4.78 is 5.92. The van der Waals surface area contributed by atoms with E-state index in [-0.39, 0.29) is 18.1 Å². The maximum absolute atomic E-state index is 12.8. The van der Waals surface area contributed by atoms with Crippen molar-refractivity contribution in [1.29, 1.82) is 0 Å². The minimum absolute atomic E-state index is 0.0142. The lowest BCUT2D eigenvalue weighted by molar-refractivity contribution is -0.132. The van der Waals surface area contributed by atoms with Gasteiger partial charge in [0.2, 0.25) is 5.91 Å². The molecule has 0 aliphatic carbocycles. The molecular weight excluding hydrogens is 314 g/mol. The minimum atomic E-state index is 0.0142. The van der Waals surface area contributed by atoms with Gasteiger partial charge in [0.15, 0.2) is 0 Å². The lowest BCUT2D eigenvalue weighted by Crippen LogP contribution is -2.42. The number of ether oxygens (including phenoxy) is 1. The molecule has 0 bridgehead atoms. The third kappa shape index (κ3) is 4.51. The zero-order chi connectivity index (χ0) is 17.5. The first kappa shape index (κ1) is 17.3. The molecule has 0 radical (unpaired) electrons. The van der Waals surface area contributed by atoms with Crippen LogP contribution in [0.4, 0.5) is 0 Å². The van der Waals surface area contributed by atoms with Gasteiger partial charge in [0, 0.05) is 30.8 Å². The highest BCUT2D eigenvalue weighted by molar-refractivity contribution is 5.79. The molecule has 130 valence electrons. The smallest absolute Gasteiger partial charge is 0.228 e. The topological polar surface area (TPSA) is 55.3 Å². The van der Waals surface area contributed by atoms with E-state index in [0.29, 0.717) is 19.6 Å². The van der Waals surface area contributed by atoms with Gasteiger partial charge in [-0.1, -0.05) is 18.2 Å². The molecule has 5 heteroatoms. The normalized spacial score (nSPS) is 19.8. The molecule has 25 heavy (non-hydrogen) atoms. The van der Waals surface area contributed by atoms with Crippen LogP contribution >= 0.6 is 0 Å². The Morgan fingerprint density at radius 1 is 1.32 bits per heavy atom. The number of hydrogen-bond donors (Lipinski definition) is 0. The van der Waals surface area contributed by atoms with Crippen molar-refractivity contribution in [2.24, 2.45) is 0 Å². The fourth-order valence-electron chi connectivity index (χ4n) is 3.28. The van der Waals surface area contributed by atoms with Crippen molar-refractivity contribution in [3.8, 4) is 0 Å². The van der Waals surface area contributed by atoms with Crippen LogP contribution in [-0.4, -0.2) is 46.1 Å². The van der Waals surface area contributed by atoms with Gasteiger partial charge < -0.3 is 9.64 Å². The summed E-state index contributed by atoms with van der Waals surface area (Å²) in [5.74, 6) is 0.0947. The molecule has 2 atom stereocenters. The van der Waals surface area contributed by atoms with Crippen molar-refractivity contribution in [3.05, 3.63) is 72.8 Å². The second-order valence-electron chi connectivity index (χ2n) is 6.17. The number of nitrogens with zero attached hydrogens (tertiary/aromatic N) is 3. The van der Waals surface area contributed by atoms with Crippen molar-refractivity contribution in [2.75, 3.05) is 13.2 Å². The molecule has 1 saturated heterocycles. The van der Waals surface area contributed by atoms with E-state index in [1.165, 1.54) is 0 Å². The molecule has 0 unspecified atom stereocenters. The van der Waals surface area contributed by atoms with Crippen LogP contribution in [0.3, 0.4) is 0 Å². The lowest BCUT2D eigenvalue weighted by atomic mass is 10.0. The van der Waals surface area contributed by atoms with Gasteiger partial charge in [-0.05, 0) is 36.6 Å². The van der Waals surface area contributed by atoms with Gasteiger partial charge in [-0.25, -0.2) is 0 Å². The minimum Gasteiger partial charge on any atom is -0.372 e. The molecule has 3 rings (SSSR count). The molecule has 0 spiro atoms. The van der Waals surface area contributed by atoms with Crippen LogP contribution in [0.1, 0.15) is 17.7 Å². The maximum Gasteiger partial charge on any atom is 0.228 e. The molecule has 1 aliphatic rings. The van der Waals surface area contributed by atoms with E-state index < -0.39 is 0 Å². The summed E-state index contributed by atoms with van der Waals surface area (Å²) in [5.41, 5.74) is 1.90. The van der Waals surface area contributed by atoms with Crippen LogP contribution in [0, 0.1) is 0 Å². The number of aromatic nitrogens is 2. The Hall–Kier alpha value is -2.53. The SMILES string of the molecule is C=CCO[C@@H]1CCN(C(=O)Cc2ccccn2)[C@@H]1Cc1cccnc1. The first-order valence-electron chi connectivity index (χ1n) is 8.58. The Morgan fingerprint density at radius 3 is 2.96 bits per heavy atom. The fraction of sp³-hybridized carbons (Fsp3) is 0.350. The number of carbonyl (C=O) groups excluding carboxylic acids is 1. The van der Waals surface area contributed by atoms with Gasteiger partial charge in [0.05, 0.1) is 25.2 Å². The fourth-order valence-corrected chi connectivity index (χ4v) is 3.28. The second kappa shape index (κ2) is 8.53. The predicted octanol–water partition coefficient (Wildman–Crippen LogP) is 2.43. The average Bonchev–Trinajstić information content (AvgIpc) is 3.04. The molecule has 1 aliphatic heterocycles. The molecule has 2 aromatic rings. The summed E-state index contributed by atoms with van der Waals surface area (Å²) in [7, 11) is 0. The molecule has 5 nitrogen and oxygen atoms in total. The number of hydrogen-bond acceptors (Lipinski definition) is 4. The van der Waals surface area contributed by atoms with E-state index >= 15 is 0 Å². The van der Waals surface area contributed by atoms with Crippen molar-refractivity contribution < 1.29 is 9.53 Å². The molecule has 1 amide bonds. The number of carbonyl (C=O) groups is 1. The number of amides is 1. The number of rotatable bonds is 7. The quantitative estimate of drug-likeness (QED) is 0.728. The predicted molar refractivity (Wildman–Crippen MR) is 95.9 cm³/mol. The van der Waals surface area contributed by atoms with E-state index in [0.717, 1.165) is 24.1 Å². The third-order valence-corrected chi connectivity index (χ3v) is 4.46. The highest BCUT2D eigenvalue weighted by Crippen LogP contribution is 2.25. The van der Waals surface area contributed by atoms with Crippen molar-refractivity contribution >= 4 is 5.91 Å². The molecule has 0 N–H and O–H groups in total. The molecular formula is C20H23N3O2. The summed E-state index contributed by atoms with van der Waals surface area (Å²) in [5, 5.41) is 0.